The van der Waals surface area contributed by atoms with Crippen LogP contribution in [0, 0.1) is 3.57 Å². The van der Waals surface area contributed by atoms with Crippen molar-refractivity contribution in [1.29, 1.82) is 0 Å². The van der Waals surface area contributed by atoms with E-state index in [-0.39, 0.29) is 5.56 Å². The monoisotopic (exact) mass is 328 g/mol. The summed E-state index contributed by atoms with van der Waals surface area (Å²) >= 11 is 2.00. The Morgan fingerprint density at radius 2 is 2.25 bits per heavy atom. The van der Waals surface area contributed by atoms with E-state index in [4.69, 9.17) is 0 Å². The highest BCUT2D eigenvalue weighted by Gasteiger charge is 2.09. The van der Waals surface area contributed by atoms with Gasteiger partial charge in [0.1, 0.15) is 5.69 Å². The summed E-state index contributed by atoms with van der Waals surface area (Å²) < 4.78 is 0.632. The van der Waals surface area contributed by atoms with Crippen molar-refractivity contribution in [2.45, 2.75) is 13.3 Å². The van der Waals surface area contributed by atoms with Crippen molar-refractivity contribution in [1.82, 2.24) is 19.9 Å². The van der Waals surface area contributed by atoms with Crippen LogP contribution in [0.25, 0.3) is 11.5 Å². The van der Waals surface area contributed by atoms with Crippen molar-refractivity contribution in [3.8, 4) is 11.5 Å². The van der Waals surface area contributed by atoms with Crippen molar-refractivity contribution >= 4 is 22.6 Å². The van der Waals surface area contributed by atoms with Crippen LogP contribution in [0.3, 0.4) is 0 Å². The molecule has 0 aliphatic heterocycles. The molecule has 2 aromatic rings. The van der Waals surface area contributed by atoms with Crippen LogP contribution in [0.4, 0.5) is 0 Å². The van der Waals surface area contributed by atoms with Gasteiger partial charge >= 0.3 is 0 Å². The SMILES string of the molecule is CCc1nc(-c2cnccn2)[nH]c(=O)c1I. The number of hydrogen-bond donors (Lipinski definition) is 1. The molecule has 0 fully saturated rings. The minimum Gasteiger partial charge on any atom is -0.304 e. The summed E-state index contributed by atoms with van der Waals surface area (Å²) in [5, 5.41) is 0. The van der Waals surface area contributed by atoms with Gasteiger partial charge in [0.25, 0.3) is 5.56 Å². The Hall–Kier alpha value is -1.31. The zero-order valence-corrected chi connectivity index (χ0v) is 10.7. The highest BCUT2D eigenvalue weighted by Crippen LogP contribution is 2.11. The van der Waals surface area contributed by atoms with E-state index in [0.29, 0.717) is 15.1 Å². The van der Waals surface area contributed by atoms with Crippen LogP contribution >= 0.6 is 22.6 Å². The standard InChI is InChI=1S/C10H9IN4O/c1-2-6-8(11)10(16)15-9(14-6)7-5-12-3-4-13-7/h3-5H,2H2,1H3,(H,14,15,16). The number of aryl methyl sites for hydroxylation is 1. The summed E-state index contributed by atoms with van der Waals surface area (Å²) in [7, 11) is 0. The lowest BCUT2D eigenvalue weighted by Gasteiger charge is -2.03. The molecule has 0 atom stereocenters. The molecular weight excluding hydrogens is 319 g/mol. The zero-order valence-electron chi connectivity index (χ0n) is 8.57. The predicted octanol–water partition coefficient (Wildman–Crippen LogP) is 1.39. The van der Waals surface area contributed by atoms with E-state index in [1.54, 1.807) is 18.6 Å². The fourth-order valence-corrected chi connectivity index (χ4v) is 1.92. The number of halogens is 1. The second kappa shape index (κ2) is 4.69. The molecular formula is C10H9IN4O. The minimum absolute atomic E-state index is 0.131. The van der Waals surface area contributed by atoms with Crippen LogP contribution < -0.4 is 5.56 Å². The Balaban J connectivity index is 2.60. The van der Waals surface area contributed by atoms with Crippen LogP contribution in [-0.2, 0) is 6.42 Å². The molecule has 2 heterocycles. The third-order valence-electron chi connectivity index (χ3n) is 2.07. The van der Waals surface area contributed by atoms with Crippen LogP contribution in [-0.4, -0.2) is 19.9 Å². The molecule has 0 aliphatic carbocycles. The van der Waals surface area contributed by atoms with Crippen molar-refractivity contribution in [2.24, 2.45) is 0 Å². The Bertz CT molecular complexity index is 552. The molecule has 0 radical (unpaired) electrons. The lowest BCUT2D eigenvalue weighted by molar-refractivity contribution is 0.959. The number of nitrogens with zero attached hydrogens (tertiary/aromatic N) is 3. The number of rotatable bonds is 2. The smallest absolute Gasteiger partial charge is 0.264 e. The first kappa shape index (κ1) is 11.2. The van der Waals surface area contributed by atoms with Gasteiger partial charge in [0.15, 0.2) is 5.82 Å². The second-order valence-electron chi connectivity index (χ2n) is 3.12. The van der Waals surface area contributed by atoms with E-state index < -0.39 is 0 Å². The quantitative estimate of drug-likeness (QED) is 0.846. The molecule has 0 amide bonds. The number of nitrogens with one attached hydrogen (secondary N) is 1. The Morgan fingerprint density at radius 3 is 2.88 bits per heavy atom. The fraction of sp³-hybridized carbons (Fsp3) is 0.200. The van der Waals surface area contributed by atoms with Gasteiger partial charge in [-0.3, -0.25) is 9.78 Å². The van der Waals surface area contributed by atoms with Crippen molar-refractivity contribution < 1.29 is 0 Å². The molecule has 0 unspecified atom stereocenters. The van der Waals surface area contributed by atoms with Crippen molar-refractivity contribution in [2.75, 3.05) is 0 Å². The predicted molar refractivity (Wildman–Crippen MR) is 68.0 cm³/mol. The van der Waals surface area contributed by atoms with Gasteiger partial charge in [-0.2, -0.15) is 0 Å². The number of H-pyrrole nitrogens is 1. The number of aromatic amines is 1. The van der Waals surface area contributed by atoms with Crippen LogP contribution in [0.2, 0.25) is 0 Å². The van der Waals surface area contributed by atoms with Gasteiger partial charge in [0.2, 0.25) is 0 Å². The largest absolute Gasteiger partial charge is 0.304 e. The molecule has 0 saturated carbocycles. The molecule has 16 heavy (non-hydrogen) atoms. The van der Waals surface area contributed by atoms with E-state index in [1.165, 1.54) is 0 Å². The first-order valence-corrected chi connectivity index (χ1v) is 5.85. The zero-order chi connectivity index (χ0) is 11.5. The molecule has 2 aromatic heterocycles. The van der Waals surface area contributed by atoms with Gasteiger partial charge in [0.05, 0.1) is 15.5 Å². The van der Waals surface area contributed by atoms with E-state index in [1.807, 2.05) is 29.5 Å². The third-order valence-corrected chi connectivity index (χ3v) is 3.18. The Morgan fingerprint density at radius 1 is 1.44 bits per heavy atom. The van der Waals surface area contributed by atoms with Gasteiger partial charge < -0.3 is 4.98 Å². The van der Waals surface area contributed by atoms with Gasteiger partial charge in [-0.25, -0.2) is 9.97 Å². The Labute approximate surface area is 106 Å². The van der Waals surface area contributed by atoms with E-state index in [2.05, 4.69) is 19.9 Å². The normalized spacial score (nSPS) is 10.4. The summed E-state index contributed by atoms with van der Waals surface area (Å²) in [4.78, 5) is 26.7. The van der Waals surface area contributed by atoms with Gasteiger partial charge in [-0.15, -0.1) is 0 Å². The maximum atomic E-state index is 11.6. The maximum absolute atomic E-state index is 11.6. The molecule has 0 saturated heterocycles. The molecule has 1 N–H and O–H groups in total. The minimum atomic E-state index is -0.131. The summed E-state index contributed by atoms with van der Waals surface area (Å²) in [6.45, 7) is 1.96. The molecule has 0 aliphatic rings. The first-order chi connectivity index (χ1) is 7.72. The van der Waals surface area contributed by atoms with E-state index in [9.17, 15) is 4.79 Å². The summed E-state index contributed by atoms with van der Waals surface area (Å²) in [6.07, 6.45) is 5.44. The summed E-state index contributed by atoms with van der Waals surface area (Å²) in [6, 6.07) is 0. The fourth-order valence-electron chi connectivity index (χ4n) is 1.28. The summed E-state index contributed by atoms with van der Waals surface area (Å²) in [5.41, 5.74) is 1.23. The lowest BCUT2D eigenvalue weighted by Crippen LogP contribution is -2.16. The molecule has 5 nitrogen and oxygen atoms in total. The number of hydrogen-bond acceptors (Lipinski definition) is 4. The molecule has 0 spiro atoms. The van der Waals surface area contributed by atoms with Gasteiger partial charge in [0, 0.05) is 12.4 Å². The molecule has 82 valence electrons. The average molecular weight is 328 g/mol. The second-order valence-corrected chi connectivity index (χ2v) is 4.20. The van der Waals surface area contributed by atoms with Gasteiger partial charge in [-0.05, 0) is 29.0 Å². The maximum Gasteiger partial charge on any atom is 0.264 e. The molecule has 0 bridgehead atoms. The molecule has 2 rings (SSSR count). The van der Waals surface area contributed by atoms with Crippen LogP contribution in [0.5, 0.6) is 0 Å². The molecule has 6 heteroatoms. The van der Waals surface area contributed by atoms with Crippen LogP contribution in [0.15, 0.2) is 23.4 Å². The lowest BCUT2D eigenvalue weighted by atomic mass is 10.3. The van der Waals surface area contributed by atoms with Gasteiger partial charge in [-0.1, -0.05) is 6.92 Å². The third kappa shape index (κ3) is 2.11. The van der Waals surface area contributed by atoms with Crippen LogP contribution in [0.1, 0.15) is 12.6 Å². The molecule has 0 aromatic carbocycles. The summed E-state index contributed by atoms with van der Waals surface area (Å²) in [5.74, 6) is 0.468. The highest BCUT2D eigenvalue weighted by molar-refractivity contribution is 14.1. The highest BCUT2D eigenvalue weighted by atomic mass is 127. The topological polar surface area (TPSA) is 71.5 Å². The van der Waals surface area contributed by atoms with Crippen molar-refractivity contribution in [3.63, 3.8) is 0 Å². The van der Waals surface area contributed by atoms with E-state index >= 15 is 0 Å². The van der Waals surface area contributed by atoms with Crippen molar-refractivity contribution in [3.05, 3.63) is 38.2 Å². The number of aromatic nitrogens is 4. The average Bonchev–Trinajstić information content (AvgIpc) is 2.33. The first-order valence-electron chi connectivity index (χ1n) is 4.77. The van der Waals surface area contributed by atoms with E-state index in [0.717, 1.165) is 12.1 Å². The Kier molecular flexibility index (Phi) is 3.28.